The molecule has 0 saturated heterocycles. The number of nitrogens with one attached hydrogen (secondary N) is 1. The standard InChI is InChI=1S/C25H27N3O3/c1-28(25(30)31-18-20-8-4-2-5-9-20)23(21-10-6-3-7-11-21)24(29)27-22-14-12-19(13-15-22)16-17-26/h2-15,23H,16-18,26H2,1H3,(H,27,29)/t23-/m1/s1. The number of hydrogen-bond donors (Lipinski definition) is 2. The Morgan fingerprint density at radius 1 is 0.903 bits per heavy atom. The zero-order valence-corrected chi connectivity index (χ0v) is 17.5. The number of ether oxygens (including phenoxy) is 1. The first kappa shape index (κ1) is 22.1. The summed E-state index contributed by atoms with van der Waals surface area (Å²) in [4.78, 5) is 27.2. The number of amides is 2. The Morgan fingerprint density at radius 3 is 2.13 bits per heavy atom. The van der Waals surface area contributed by atoms with Gasteiger partial charge in [-0.2, -0.15) is 0 Å². The topological polar surface area (TPSA) is 84.7 Å². The predicted molar refractivity (Wildman–Crippen MR) is 121 cm³/mol. The van der Waals surface area contributed by atoms with Gasteiger partial charge in [0.1, 0.15) is 12.6 Å². The second-order valence-corrected chi connectivity index (χ2v) is 7.19. The molecule has 2 amide bonds. The van der Waals surface area contributed by atoms with Crippen molar-refractivity contribution in [3.8, 4) is 0 Å². The Hall–Kier alpha value is -3.64. The third-order valence-corrected chi connectivity index (χ3v) is 4.90. The molecule has 0 heterocycles. The van der Waals surface area contributed by atoms with E-state index in [4.69, 9.17) is 10.5 Å². The van der Waals surface area contributed by atoms with Crippen LogP contribution in [0.3, 0.4) is 0 Å². The third kappa shape index (κ3) is 6.17. The predicted octanol–water partition coefficient (Wildman–Crippen LogP) is 4.14. The first-order chi connectivity index (χ1) is 15.1. The zero-order chi connectivity index (χ0) is 22.1. The van der Waals surface area contributed by atoms with E-state index in [-0.39, 0.29) is 12.5 Å². The molecular formula is C25H27N3O3. The van der Waals surface area contributed by atoms with Gasteiger partial charge in [-0.05, 0) is 41.8 Å². The minimum Gasteiger partial charge on any atom is -0.445 e. The Morgan fingerprint density at radius 2 is 1.52 bits per heavy atom. The van der Waals surface area contributed by atoms with E-state index in [9.17, 15) is 9.59 Å². The lowest BCUT2D eigenvalue weighted by Crippen LogP contribution is -2.39. The van der Waals surface area contributed by atoms with Crippen molar-refractivity contribution in [2.24, 2.45) is 5.73 Å². The summed E-state index contributed by atoms with van der Waals surface area (Å²) < 4.78 is 5.43. The quantitative estimate of drug-likeness (QED) is 0.577. The average molecular weight is 418 g/mol. The number of benzene rings is 3. The largest absolute Gasteiger partial charge is 0.445 e. The zero-order valence-electron chi connectivity index (χ0n) is 17.5. The minimum absolute atomic E-state index is 0.135. The maximum Gasteiger partial charge on any atom is 0.410 e. The Bertz CT molecular complexity index is 976. The fourth-order valence-electron chi connectivity index (χ4n) is 3.24. The molecule has 3 N–H and O–H groups in total. The SMILES string of the molecule is CN(C(=O)OCc1ccccc1)[C@@H](C(=O)Nc1ccc(CCN)cc1)c1ccccc1. The van der Waals surface area contributed by atoms with Crippen LogP contribution >= 0.6 is 0 Å². The van der Waals surface area contributed by atoms with Gasteiger partial charge in [0.15, 0.2) is 0 Å². The molecule has 160 valence electrons. The number of carbonyl (C=O) groups is 2. The van der Waals surface area contributed by atoms with Gasteiger partial charge in [-0.15, -0.1) is 0 Å². The number of carbonyl (C=O) groups excluding carboxylic acids is 2. The summed E-state index contributed by atoms with van der Waals surface area (Å²) >= 11 is 0. The molecule has 1 atom stereocenters. The van der Waals surface area contributed by atoms with Gasteiger partial charge < -0.3 is 15.8 Å². The van der Waals surface area contributed by atoms with Gasteiger partial charge in [0.25, 0.3) is 5.91 Å². The summed E-state index contributed by atoms with van der Waals surface area (Å²) in [6, 6.07) is 25.3. The second-order valence-electron chi connectivity index (χ2n) is 7.19. The minimum atomic E-state index is -0.840. The van der Waals surface area contributed by atoms with E-state index in [0.29, 0.717) is 17.8 Å². The van der Waals surface area contributed by atoms with Crippen LogP contribution in [0.4, 0.5) is 10.5 Å². The monoisotopic (exact) mass is 417 g/mol. The van der Waals surface area contributed by atoms with Crippen LogP contribution in [0.15, 0.2) is 84.9 Å². The molecule has 3 rings (SSSR count). The van der Waals surface area contributed by atoms with E-state index < -0.39 is 12.1 Å². The molecule has 0 aliphatic rings. The van der Waals surface area contributed by atoms with Crippen molar-refractivity contribution >= 4 is 17.7 Å². The molecular weight excluding hydrogens is 390 g/mol. The molecule has 0 aromatic heterocycles. The van der Waals surface area contributed by atoms with E-state index in [1.807, 2.05) is 84.9 Å². The van der Waals surface area contributed by atoms with Crippen LogP contribution in [0.5, 0.6) is 0 Å². The first-order valence-corrected chi connectivity index (χ1v) is 10.2. The van der Waals surface area contributed by atoms with Crippen LogP contribution < -0.4 is 11.1 Å². The van der Waals surface area contributed by atoms with Crippen molar-refractivity contribution in [1.82, 2.24) is 4.90 Å². The highest BCUT2D eigenvalue weighted by Crippen LogP contribution is 2.23. The maximum absolute atomic E-state index is 13.2. The maximum atomic E-state index is 13.2. The lowest BCUT2D eigenvalue weighted by Gasteiger charge is -2.27. The van der Waals surface area contributed by atoms with E-state index in [2.05, 4.69) is 5.32 Å². The van der Waals surface area contributed by atoms with Crippen molar-refractivity contribution in [2.45, 2.75) is 19.1 Å². The van der Waals surface area contributed by atoms with Gasteiger partial charge in [0.05, 0.1) is 0 Å². The summed E-state index contributed by atoms with van der Waals surface area (Å²) in [7, 11) is 1.56. The smallest absolute Gasteiger partial charge is 0.410 e. The molecule has 3 aromatic carbocycles. The van der Waals surface area contributed by atoms with Crippen molar-refractivity contribution < 1.29 is 14.3 Å². The highest BCUT2D eigenvalue weighted by Gasteiger charge is 2.29. The number of nitrogens with two attached hydrogens (primary N) is 1. The highest BCUT2D eigenvalue weighted by molar-refractivity contribution is 5.97. The molecule has 0 fully saturated rings. The molecule has 0 bridgehead atoms. The van der Waals surface area contributed by atoms with Gasteiger partial charge in [-0.25, -0.2) is 4.79 Å². The van der Waals surface area contributed by atoms with Crippen LogP contribution in [-0.4, -0.2) is 30.5 Å². The Labute approximate surface area is 182 Å². The lowest BCUT2D eigenvalue weighted by molar-refractivity contribution is -0.120. The molecule has 6 nitrogen and oxygen atoms in total. The van der Waals surface area contributed by atoms with Crippen LogP contribution in [0.2, 0.25) is 0 Å². The summed E-state index contributed by atoms with van der Waals surface area (Å²) in [5.41, 5.74) is 8.91. The summed E-state index contributed by atoms with van der Waals surface area (Å²) in [6.45, 7) is 0.702. The van der Waals surface area contributed by atoms with Crippen molar-refractivity contribution in [1.29, 1.82) is 0 Å². The average Bonchev–Trinajstić information content (AvgIpc) is 2.80. The van der Waals surface area contributed by atoms with E-state index in [1.165, 1.54) is 4.90 Å². The van der Waals surface area contributed by atoms with Crippen molar-refractivity contribution in [3.05, 3.63) is 102 Å². The van der Waals surface area contributed by atoms with Gasteiger partial charge in [0, 0.05) is 12.7 Å². The van der Waals surface area contributed by atoms with Crippen molar-refractivity contribution in [2.75, 3.05) is 18.9 Å². The number of rotatable bonds is 8. The van der Waals surface area contributed by atoms with Gasteiger partial charge in [-0.3, -0.25) is 9.69 Å². The van der Waals surface area contributed by atoms with Gasteiger partial charge in [-0.1, -0.05) is 72.8 Å². The van der Waals surface area contributed by atoms with Crippen molar-refractivity contribution in [3.63, 3.8) is 0 Å². The molecule has 0 aliphatic heterocycles. The van der Waals surface area contributed by atoms with Crippen LogP contribution in [0, 0.1) is 0 Å². The normalized spacial score (nSPS) is 11.4. The number of hydrogen-bond acceptors (Lipinski definition) is 4. The highest BCUT2D eigenvalue weighted by atomic mass is 16.6. The fourth-order valence-corrected chi connectivity index (χ4v) is 3.24. The van der Waals surface area contributed by atoms with Crippen LogP contribution in [0.25, 0.3) is 0 Å². The summed E-state index contributed by atoms with van der Waals surface area (Å²) in [5, 5.41) is 2.90. The fraction of sp³-hybridized carbons (Fsp3) is 0.200. The van der Waals surface area contributed by atoms with Crippen LogP contribution in [-0.2, 0) is 22.6 Å². The third-order valence-electron chi connectivity index (χ3n) is 4.90. The second kappa shape index (κ2) is 10.9. The van der Waals surface area contributed by atoms with Gasteiger partial charge in [0.2, 0.25) is 0 Å². The lowest BCUT2D eigenvalue weighted by atomic mass is 10.0. The molecule has 6 heteroatoms. The van der Waals surface area contributed by atoms with Crippen LogP contribution in [0.1, 0.15) is 22.7 Å². The first-order valence-electron chi connectivity index (χ1n) is 10.2. The molecule has 0 aliphatic carbocycles. The molecule has 0 spiro atoms. The molecule has 0 unspecified atom stereocenters. The number of anilines is 1. The Balaban J connectivity index is 1.74. The number of nitrogens with zero attached hydrogens (tertiary/aromatic N) is 1. The molecule has 31 heavy (non-hydrogen) atoms. The molecule has 3 aromatic rings. The van der Waals surface area contributed by atoms with E-state index >= 15 is 0 Å². The molecule has 0 saturated carbocycles. The summed E-state index contributed by atoms with van der Waals surface area (Å²) in [6.07, 6.45) is 0.197. The number of likely N-dealkylation sites (N-methyl/N-ethyl adjacent to an activating group) is 1. The summed E-state index contributed by atoms with van der Waals surface area (Å²) in [5.74, 6) is -0.322. The van der Waals surface area contributed by atoms with Gasteiger partial charge >= 0.3 is 6.09 Å². The molecule has 0 radical (unpaired) electrons. The van der Waals surface area contributed by atoms with E-state index in [1.54, 1.807) is 7.05 Å². The Kier molecular flexibility index (Phi) is 7.79. The van der Waals surface area contributed by atoms with E-state index in [0.717, 1.165) is 17.5 Å².